The van der Waals surface area contributed by atoms with Gasteiger partial charge in [0.25, 0.3) is 5.91 Å². The Morgan fingerprint density at radius 1 is 1.00 bits per heavy atom. The lowest BCUT2D eigenvalue weighted by atomic mass is 9.83. The highest BCUT2D eigenvalue weighted by atomic mass is 16.5. The first-order valence-corrected chi connectivity index (χ1v) is 11.6. The van der Waals surface area contributed by atoms with Crippen molar-refractivity contribution in [2.24, 2.45) is 0 Å². The third-order valence-electron chi connectivity index (χ3n) is 6.70. The predicted octanol–water partition coefficient (Wildman–Crippen LogP) is 3.49. The van der Waals surface area contributed by atoms with E-state index >= 15 is 0 Å². The molecule has 2 aliphatic rings. The Kier molecular flexibility index (Phi) is 5.96. The molecule has 0 aliphatic carbocycles. The van der Waals surface area contributed by atoms with Crippen LogP contribution in [0.2, 0.25) is 0 Å². The number of amides is 1. The molecule has 6 nitrogen and oxygen atoms in total. The van der Waals surface area contributed by atoms with Gasteiger partial charge in [0.15, 0.2) is 5.60 Å². The molecular formula is C27H30N4O2. The lowest BCUT2D eigenvalue weighted by Gasteiger charge is -2.42. The number of aryl methyl sites for hydroxylation is 2. The minimum atomic E-state index is -0.900. The Labute approximate surface area is 195 Å². The molecule has 2 aromatic heterocycles. The maximum atomic E-state index is 14.0. The summed E-state index contributed by atoms with van der Waals surface area (Å²) >= 11 is 0. The number of hydrogen-bond donors (Lipinski definition) is 0. The number of benzene rings is 1. The van der Waals surface area contributed by atoms with E-state index in [1.54, 1.807) is 12.4 Å². The van der Waals surface area contributed by atoms with Gasteiger partial charge in [0, 0.05) is 63.4 Å². The highest BCUT2D eigenvalue weighted by Gasteiger charge is 2.56. The van der Waals surface area contributed by atoms with Gasteiger partial charge in [-0.15, -0.1) is 0 Å². The molecule has 0 unspecified atom stereocenters. The third kappa shape index (κ3) is 4.41. The van der Waals surface area contributed by atoms with E-state index in [-0.39, 0.29) is 11.8 Å². The lowest BCUT2D eigenvalue weighted by molar-refractivity contribution is -0.173. The Morgan fingerprint density at radius 2 is 1.76 bits per heavy atom. The van der Waals surface area contributed by atoms with E-state index in [0.29, 0.717) is 26.2 Å². The van der Waals surface area contributed by atoms with Gasteiger partial charge in [-0.05, 0) is 42.7 Å². The highest BCUT2D eigenvalue weighted by Crippen LogP contribution is 2.42. The fourth-order valence-corrected chi connectivity index (χ4v) is 5.40. The topological polar surface area (TPSA) is 58.6 Å². The van der Waals surface area contributed by atoms with Crippen LogP contribution in [0.3, 0.4) is 0 Å². The molecule has 6 heteroatoms. The average Bonchev–Trinajstić information content (AvgIpc) is 3.16. The molecule has 0 saturated carbocycles. The molecule has 0 N–H and O–H groups in total. The second kappa shape index (κ2) is 9.04. The molecule has 2 fully saturated rings. The van der Waals surface area contributed by atoms with E-state index < -0.39 is 5.60 Å². The number of morpholine rings is 1. The van der Waals surface area contributed by atoms with E-state index in [1.165, 1.54) is 16.7 Å². The van der Waals surface area contributed by atoms with Crippen LogP contribution in [0.15, 0.2) is 67.3 Å². The minimum absolute atomic E-state index is 0.0642. The molecule has 2 aliphatic heterocycles. The van der Waals surface area contributed by atoms with Gasteiger partial charge in [-0.3, -0.25) is 19.7 Å². The molecule has 0 bridgehead atoms. The molecule has 1 spiro atoms. The fraction of sp³-hybridized carbons (Fsp3) is 0.370. The molecule has 2 atom stereocenters. The summed E-state index contributed by atoms with van der Waals surface area (Å²) in [6, 6.07) is 14.6. The Morgan fingerprint density at radius 3 is 2.45 bits per heavy atom. The van der Waals surface area contributed by atoms with Gasteiger partial charge in [-0.2, -0.15) is 0 Å². The molecule has 0 radical (unpaired) electrons. The summed E-state index contributed by atoms with van der Waals surface area (Å²) < 4.78 is 6.41. The molecule has 170 valence electrons. The van der Waals surface area contributed by atoms with E-state index in [0.717, 1.165) is 24.2 Å². The Hall–Kier alpha value is -3.09. The zero-order valence-electron chi connectivity index (χ0n) is 19.3. The number of hydrogen-bond acceptors (Lipinski definition) is 5. The van der Waals surface area contributed by atoms with Crippen molar-refractivity contribution >= 4 is 5.91 Å². The largest absolute Gasteiger partial charge is 0.361 e. The van der Waals surface area contributed by atoms with Crippen molar-refractivity contribution in [2.75, 3.05) is 26.2 Å². The summed E-state index contributed by atoms with van der Waals surface area (Å²) in [6.07, 6.45) is 7.24. The van der Waals surface area contributed by atoms with Crippen molar-refractivity contribution in [3.63, 3.8) is 0 Å². The molecule has 1 amide bonds. The number of ether oxygens (including phenoxy) is 1. The van der Waals surface area contributed by atoms with Gasteiger partial charge >= 0.3 is 0 Å². The van der Waals surface area contributed by atoms with Crippen LogP contribution in [0.25, 0.3) is 0 Å². The first-order valence-electron chi connectivity index (χ1n) is 11.6. The Balaban J connectivity index is 1.45. The van der Waals surface area contributed by atoms with Crippen molar-refractivity contribution in [3.05, 3.63) is 95.1 Å². The summed E-state index contributed by atoms with van der Waals surface area (Å²) in [5, 5.41) is 0. The van der Waals surface area contributed by atoms with Crippen LogP contribution in [-0.4, -0.2) is 57.5 Å². The number of rotatable bonds is 5. The van der Waals surface area contributed by atoms with E-state index in [1.807, 2.05) is 35.5 Å². The monoisotopic (exact) mass is 442 g/mol. The summed E-state index contributed by atoms with van der Waals surface area (Å²) in [6.45, 7) is 8.05. The molecule has 3 aromatic rings. The molecular weight excluding hydrogens is 412 g/mol. The molecule has 5 rings (SSSR count). The predicted molar refractivity (Wildman–Crippen MR) is 127 cm³/mol. The second-order valence-electron chi connectivity index (χ2n) is 9.33. The normalized spacial score (nSPS) is 23.4. The maximum absolute atomic E-state index is 14.0. The van der Waals surface area contributed by atoms with Crippen LogP contribution < -0.4 is 0 Å². The summed E-state index contributed by atoms with van der Waals surface area (Å²) in [5.74, 6) is -0.00400. The number of pyridine rings is 2. The Bertz CT molecular complexity index is 1100. The van der Waals surface area contributed by atoms with Crippen LogP contribution >= 0.6 is 0 Å². The van der Waals surface area contributed by atoms with Crippen LogP contribution in [0.5, 0.6) is 0 Å². The van der Waals surface area contributed by atoms with Gasteiger partial charge in [-0.1, -0.05) is 41.5 Å². The zero-order valence-corrected chi connectivity index (χ0v) is 19.3. The smallest absolute Gasteiger partial charge is 0.257 e. The molecule has 33 heavy (non-hydrogen) atoms. The summed E-state index contributed by atoms with van der Waals surface area (Å²) in [7, 11) is 0. The number of nitrogens with zero attached hydrogens (tertiary/aromatic N) is 4. The van der Waals surface area contributed by atoms with Gasteiger partial charge in [0.2, 0.25) is 0 Å². The van der Waals surface area contributed by atoms with Gasteiger partial charge in [0.1, 0.15) is 0 Å². The standard InChI is InChI=1S/C27H30N4O2/c1-20-11-21(2)13-23(12-20)16-30-18-25(24-6-4-8-29-15-24)27(19-30)26(32)31(9-10-33-27)17-22-5-3-7-28-14-22/h3-8,11-15,25H,9-10,16-19H2,1-2H3/t25-,27+/m0/s1. The van der Waals surface area contributed by atoms with Crippen molar-refractivity contribution in [3.8, 4) is 0 Å². The van der Waals surface area contributed by atoms with Gasteiger partial charge in [0.05, 0.1) is 6.61 Å². The van der Waals surface area contributed by atoms with Crippen molar-refractivity contribution in [2.45, 2.75) is 38.5 Å². The number of carbonyl (C=O) groups is 1. The molecule has 2 saturated heterocycles. The van der Waals surface area contributed by atoms with Crippen LogP contribution in [-0.2, 0) is 22.6 Å². The summed E-state index contributed by atoms with van der Waals surface area (Å²) in [4.78, 5) is 26.8. The second-order valence-corrected chi connectivity index (χ2v) is 9.33. The van der Waals surface area contributed by atoms with Crippen LogP contribution in [0.1, 0.15) is 33.7 Å². The average molecular weight is 443 g/mol. The number of aromatic nitrogens is 2. The van der Waals surface area contributed by atoms with Gasteiger partial charge < -0.3 is 9.64 Å². The van der Waals surface area contributed by atoms with Crippen molar-refractivity contribution < 1.29 is 9.53 Å². The van der Waals surface area contributed by atoms with E-state index in [9.17, 15) is 4.79 Å². The quantitative estimate of drug-likeness (QED) is 0.605. The molecule has 1 aromatic carbocycles. The molecule has 4 heterocycles. The van der Waals surface area contributed by atoms with Gasteiger partial charge in [-0.25, -0.2) is 0 Å². The minimum Gasteiger partial charge on any atom is -0.361 e. The SMILES string of the molecule is Cc1cc(C)cc(CN2C[C@@H](c3cccnc3)[C@@]3(C2)OCCN(Cc2cccnc2)C3=O)c1. The first-order chi connectivity index (χ1) is 16.0. The first kappa shape index (κ1) is 21.7. The van der Waals surface area contributed by atoms with Crippen LogP contribution in [0, 0.1) is 13.8 Å². The van der Waals surface area contributed by atoms with Crippen molar-refractivity contribution in [1.82, 2.24) is 19.8 Å². The van der Waals surface area contributed by atoms with E-state index in [4.69, 9.17) is 4.74 Å². The lowest BCUT2D eigenvalue weighted by Crippen LogP contribution is -2.59. The highest BCUT2D eigenvalue weighted by molar-refractivity contribution is 5.88. The third-order valence-corrected chi connectivity index (χ3v) is 6.70. The summed E-state index contributed by atoms with van der Waals surface area (Å²) in [5.41, 5.74) is 4.97. The zero-order chi connectivity index (χ0) is 22.8. The number of likely N-dealkylation sites (tertiary alicyclic amines) is 1. The van der Waals surface area contributed by atoms with Crippen molar-refractivity contribution in [1.29, 1.82) is 0 Å². The fourth-order valence-electron chi connectivity index (χ4n) is 5.40. The van der Waals surface area contributed by atoms with Crippen LogP contribution in [0.4, 0.5) is 0 Å². The number of carbonyl (C=O) groups excluding carboxylic acids is 1. The maximum Gasteiger partial charge on any atom is 0.257 e. The van der Waals surface area contributed by atoms with E-state index in [2.05, 4.69) is 53.0 Å².